The van der Waals surface area contributed by atoms with Crippen LogP contribution in [-0.4, -0.2) is 68.4 Å². The van der Waals surface area contributed by atoms with Gasteiger partial charge in [0, 0.05) is 37.6 Å². The van der Waals surface area contributed by atoms with E-state index in [0.717, 1.165) is 45.1 Å². The number of benzene rings is 1. The standard InChI is InChI=1S/C19H29N3O3/c1-14-12-22(13-15(2)25-14)16(3)19(23)20-17-4-6-18(7-5-17)21-8-10-24-11-9-21/h4-7,14-16H,8-13H2,1-3H3,(H,20,23)/t14-,15-,16-/m0/s1. The van der Waals surface area contributed by atoms with Crippen LogP contribution < -0.4 is 10.2 Å². The van der Waals surface area contributed by atoms with Gasteiger partial charge >= 0.3 is 0 Å². The summed E-state index contributed by atoms with van der Waals surface area (Å²) < 4.78 is 11.1. The molecule has 2 aliphatic heterocycles. The molecular weight excluding hydrogens is 318 g/mol. The SMILES string of the molecule is C[C@H]1CN([C@@H](C)C(=O)Nc2ccc(N3CCOCC3)cc2)C[C@H](C)O1. The van der Waals surface area contributed by atoms with Gasteiger partial charge in [-0.15, -0.1) is 0 Å². The Morgan fingerprint density at radius 1 is 1.12 bits per heavy atom. The number of hydrogen-bond acceptors (Lipinski definition) is 5. The minimum atomic E-state index is -0.173. The zero-order valence-electron chi connectivity index (χ0n) is 15.4. The van der Waals surface area contributed by atoms with Crippen molar-refractivity contribution >= 4 is 17.3 Å². The Morgan fingerprint density at radius 2 is 1.72 bits per heavy atom. The summed E-state index contributed by atoms with van der Waals surface area (Å²) in [5.41, 5.74) is 2.01. The molecule has 0 radical (unpaired) electrons. The number of amides is 1. The van der Waals surface area contributed by atoms with Gasteiger partial charge in [0.25, 0.3) is 0 Å². The molecule has 2 heterocycles. The average molecular weight is 347 g/mol. The summed E-state index contributed by atoms with van der Waals surface area (Å²) >= 11 is 0. The number of hydrogen-bond donors (Lipinski definition) is 1. The van der Waals surface area contributed by atoms with E-state index in [1.165, 1.54) is 5.69 Å². The molecule has 0 bridgehead atoms. The Labute approximate surface area is 150 Å². The fourth-order valence-electron chi connectivity index (χ4n) is 3.52. The topological polar surface area (TPSA) is 54.0 Å². The largest absolute Gasteiger partial charge is 0.378 e. The molecule has 2 fully saturated rings. The highest BCUT2D eigenvalue weighted by Crippen LogP contribution is 2.20. The average Bonchev–Trinajstić information content (AvgIpc) is 2.61. The first-order chi connectivity index (χ1) is 12.0. The van der Waals surface area contributed by atoms with Crippen molar-refractivity contribution in [3.05, 3.63) is 24.3 Å². The Balaban J connectivity index is 1.56. The van der Waals surface area contributed by atoms with E-state index in [9.17, 15) is 4.79 Å². The summed E-state index contributed by atoms with van der Waals surface area (Å²) in [6, 6.07) is 7.89. The third kappa shape index (κ3) is 4.71. The zero-order valence-corrected chi connectivity index (χ0v) is 15.4. The van der Waals surface area contributed by atoms with Crippen molar-refractivity contribution in [2.24, 2.45) is 0 Å². The van der Waals surface area contributed by atoms with Crippen LogP contribution in [0.2, 0.25) is 0 Å². The maximum atomic E-state index is 12.6. The lowest BCUT2D eigenvalue weighted by molar-refractivity contribution is -0.126. The maximum Gasteiger partial charge on any atom is 0.241 e. The van der Waals surface area contributed by atoms with Crippen LogP contribution in [0.5, 0.6) is 0 Å². The molecule has 0 aromatic heterocycles. The molecule has 0 saturated carbocycles. The number of nitrogens with one attached hydrogen (secondary N) is 1. The van der Waals surface area contributed by atoms with Crippen LogP contribution in [-0.2, 0) is 14.3 Å². The van der Waals surface area contributed by atoms with Gasteiger partial charge in [0.2, 0.25) is 5.91 Å². The van der Waals surface area contributed by atoms with Gasteiger partial charge in [-0.2, -0.15) is 0 Å². The minimum absolute atomic E-state index is 0.0282. The first-order valence-electron chi connectivity index (χ1n) is 9.16. The van der Waals surface area contributed by atoms with Gasteiger partial charge in [0.1, 0.15) is 0 Å². The van der Waals surface area contributed by atoms with Gasteiger partial charge < -0.3 is 19.7 Å². The van der Waals surface area contributed by atoms with Crippen LogP contribution in [0.25, 0.3) is 0 Å². The van der Waals surface area contributed by atoms with Crippen molar-refractivity contribution in [1.29, 1.82) is 0 Å². The molecular formula is C19H29N3O3. The van der Waals surface area contributed by atoms with Crippen LogP contribution >= 0.6 is 0 Å². The van der Waals surface area contributed by atoms with Gasteiger partial charge in [-0.3, -0.25) is 9.69 Å². The van der Waals surface area contributed by atoms with Crippen LogP contribution in [0, 0.1) is 0 Å². The molecule has 1 aromatic rings. The molecule has 1 amide bonds. The molecule has 0 aliphatic carbocycles. The van der Waals surface area contributed by atoms with Crippen molar-refractivity contribution in [1.82, 2.24) is 4.90 Å². The first-order valence-corrected chi connectivity index (χ1v) is 9.16. The van der Waals surface area contributed by atoms with Gasteiger partial charge in [-0.25, -0.2) is 0 Å². The van der Waals surface area contributed by atoms with Crippen molar-refractivity contribution in [3.8, 4) is 0 Å². The third-order valence-corrected chi connectivity index (χ3v) is 4.89. The molecule has 6 nitrogen and oxygen atoms in total. The maximum absolute atomic E-state index is 12.6. The molecule has 138 valence electrons. The van der Waals surface area contributed by atoms with E-state index in [-0.39, 0.29) is 24.2 Å². The molecule has 2 saturated heterocycles. The van der Waals surface area contributed by atoms with Crippen molar-refractivity contribution in [3.63, 3.8) is 0 Å². The van der Waals surface area contributed by atoms with Crippen LogP contribution in [0.4, 0.5) is 11.4 Å². The molecule has 3 atom stereocenters. The van der Waals surface area contributed by atoms with Gasteiger partial charge in [0.05, 0.1) is 31.5 Å². The molecule has 25 heavy (non-hydrogen) atoms. The van der Waals surface area contributed by atoms with Crippen molar-refractivity contribution < 1.29 is 14.3 Å². The van der Waals surface area contributed by atoms with Gasteiger partial charge in [-0.05, 0) is 45.0 Å². The number of rotatable bonds is 4. The highest BCUT2D eigenvalue weighted by atomic mass is 16.5. The quantitative estimate of drug-likeness (QED) is 0.902. The fourth-order valence-corrected chi connectivity index (χ4v) is 3.52. The lowest BCUT2D eigenvalue weighted by Crippen LogP contribution is -2.52. The molecule has 0 unspecified atom stereocenters. The summed E-state index contributed by atoms with van der Waals surface area (Å²) in [5, 5.41) is 3.03. The number of carbonyl (C=O) groups is 1. The molecule has 0 spiro atoms. The van der Waals surface area contributed by atoms with E-state index < -0.39 is 0 Å². The number of morpholine rings is 2. The van der Waals surface area contributed by atoms with Crippen LogP contribution in [0.15, 0.2) is 24.3 Å². The second kappa shape index (κ2) is 8.17. The van der Waals surface area contributed by atoms with E-state index in [0.29, 0.717) is 0 Å². The number of anilines is 2. The molecule has 1 aromatic carbocycles. The highest BCUT2D eigenvalue weighted by Gasteiger charge is 2.29. The zero-order chi connectivity index (χ0) is 17.8. The predicted octanol–water partition coefficient (Wildman–Crippen LogP) is 1.96. The number of carbonyl (C=O) groups excluding carboxylic acids is 1. The molecule has 6 heteroatoms. The van der Waals surface area contributed by atoms with Gasteiger partial charge in [0.15, 0.2) is 0 Å². The van der Waals surface area contributed by atoms with E-state index in [2.05, 4.69) is 41.1 Å². The lowest BCUT2D eigenvalue weighted by atomic mass is 10.1. The summed E-state index contributed by atoms with van der Waals surface area (Å²) in [4.78, 5) is 17.1. The summed E-state index contributed by atoms with van der Waals surface area (Å²) in [5.74, 6) is 0.0282. The smallest absolute Gasteiger partial charge is 0.241 e. The fraction of sp³-hybridized carbons (Fsp3) is 0.632. The molecule has 1 N–H and O–H groups in total. The summed E-state index contributed by atoms with van der Waals surface area (Å²) in [6.07, 6.45) is 0.318. The second-order valence-electron chi connectivity index (χ2n) is 7.02. The Kier molecular flexibility index (Phi) is 5.93. The second-order valence-corrected chi connectivity index (χ2v) is 7.02. The monoisotopic (exact) mass is 347 g/mol. The summed E-state index contributed by atoms with van der Waals surface area (Å²) in [6.45, 7) is 11.0. The van der Waals surface area contributed by atoms with E-state index >= 15 is 0 Å². The third-order valence-electron chi connectivity index (χ3n) is 4.89. The molecule has 2 aliphatic rings. The Bertz CT molecular complexity index is 562. The molecule has 3 rings (SSSR count). The minimum Gasteiger partial charge on any atom is -0.378 e. The number of nitrogens with zero attached hydrogens (tertiary/aromatic N) is 2. The first kappa shape index (κ1) is 18.2. The highest BCUT2D eigenvalue weighted by molar-refractivity contribution is 5.94. The van der Waals surface area contributed by atoms with Crippen molar-refractivity contribution in [2.75, 3.05) is 49.6 Å². The normalized spacial score (nSPS) is 26.3. The Morgan fingerprint density at radius 3 is 2.32 bits per heavy atom. The van der Waals surface area contributed by atoms with E-state index in [1.54, 1.807) is 0 Å². The predicted molar refractivity (Wildman–Crippen MR) is 99.1 cm³/mol. The van der Waals surface area contributed by atoms with E-state index in [4.69, 9.17) is 9.47 Å². The van der Waals surface area contributed by atoms with Crippen LogP contribution in [0.1, 0.15) is 20.8 Å². The van der Waals surface area contributed by atoms with Crippen molar-refractivity contribution in [2.45, 2.75) is 39.0 Å². The van der Waals surface area contributed by atoms with Gasteiger partial charge in [-0.1, -0.05) is 0 Å². The lowest BCUT2D eigenvalue weighted by Gasteiger charge is -2.38. The van der Waals surface area contributed by atoms with E-state index in [1.807, 2.05) is 19.1 Å². The Hall–Kier alpha value is -1.63. The summed E-state index contributed by atoms with van der Waals surface area (Å²) in [7, 11) is 0. The van der Waals surface area contributed by atoms with Crippen LogP contribution in [0.3, 0.4) is 0 Å². The number of ether oxygens (including phenoxy) is 2.